The van der Waals surface area contributed by atoms with Gasteiger partial charge in [0.05, 0.1) is 0 Å². The van der Waals surface area contributed by atoms with E-state index < -0.39 is 0 Å². The molecule has 1 fully saturated rings. The Morgan fingerprint density at radius 1 is 1.29 bits per heavy atom. The number of hydrogen-bond donors (Lipinski definition) is 2. The summed E-state index contributed by atoms with van der Waals surface area (Å²) < 4.78 is 0. The Morgan fingerprint density at radius 3 is 2.62 bits per heavy atom. The molecule has 0 aliphatic carbocycles. The molecule has 1 heterocycles. The first-order chi connectivity index (χ1) is 10.1. The van der Waals surface area contributed by atoms with Gasteiger partial charge in [-0.05, 0) is 36.4 Å². The first kappa shape index (κ1) is 16.0. The number of likely N-dealkylation sites (tertiary alicyclic amines) is 1. The van der Waals surface area contributed by atoms with E-state index in [1.54, 1.807) is 0 Å². The van der Waals surface area contributed by atoms with Gasteiger partial charge in [-0.2, -0.15) is 0 Å². The van der Waals surface area contributed by atoms with Gasteiger partial charge in [0, 0.05) is 31.7 Å². The van der Waals surface area contributed by atoms with Crippen molar-refractivity contribution in [1.29, 1.82) is 0 Å². The van der Waals surface area contributed by atoms with Crippen LogP contribution in [0.4, 0.5) is 5.69 Å². The fourth-order valence-corrected chi connectivity index (χ4v) is 2.93. The fraction of sp³-hybridized carbons (Fsp3) is 0.588. The molecule has 2 atom stereocenters. The van der Waals surface area contributed by atoms with E-state index in [0.29, 0.717) is 13.0 Å². The molecule has 1 amide bonds. The zero-order chi connectivity index (χ0) is 15.2. The number of hydrogen-bond acceptors (Lipinski definition) is 3. The Bertz CT molecular complexity index is 465. The van der Waals surface area contributed by atoms with E-state index in [9.17, 15) is 4.79 Å². The molecule has 116 valence electrons. The van der Waals surface area contributed by atoms with Crippen LogP contribution in [0.25, 0.3) is 0 Å². The average Bonchev–Trinajstić information content (AvgIpc) is 2.78. The number of nitrogens with zero attached hydrogens (tertiary/aromatic N) is 1. The molecule has 0 saturated carbocycles. The molecule has 2 rings (SSSR count). The van der Waals surface area contributed by atoms with Gasteiger partial charge in [-0.15, -0.1) is 0 Å². The van der Waals surface area contributed by atoms with Gasteiger partial charge >= 0.3 is 0 Å². The van der Waals surface area contributed by atoms with Crippen LogP contribution in [0, 0.1) is 11.8 Å². The topological polar surface area (TPSA) is 58.4 Å². The quantitative estimate of drug-likeness (QED) is 0.845. The Labute approximate surface area is 127 Å². The van der Waals surface area contributed by atoms with Crippen molar-refractivity contribution in [3.8, 4) is 0 Å². The number of para-hydroxylation sites is 1. The lowest BCUT2D eigenvalue weighted by Crippen LogP contribution is -2.23. The van der Waals surface area contributed by atoms with E-state index >= 15 is 0 Å². The second-order valence-corrected chi connectivity index (χ2v) is 6.23. The summed E-state index contributed by atoms with van der Waals surface area (Å²) in [6, 6.07) is 7.71. The third kappa shape index (κ3) is 4.55. The molecule has 0 aromatic heterocycles. The molecule has 1 aliphatic heterocycles. The monoisotopic (exact) mass is 289 g/mol. The molecule has 3 N–H and O–H groups in total. The molecule has 2 unspecified atom stereocenters. The molecular weight excluding hydrogens is 262 g/mol. The van der Waals surface area contributed by atoms with Gasteiger partial charge in [-0.25, -0.2) is 0 Å². The molecule has 1 aromatic carbocycles. The molecule has 1 aromatic rings. The molecule has 0 bridgehead atoms. The van der Waals surface area contributed by atoms with Crippen molar-refractivity contribution >= 4 is 11.6 Å². The van der Waals surface area contributed by atoms with Crippen molar-refractivity contribution in [3.63, 3.8) is 0 Å². The van der Waals surface area contributed by atoms with Crippen LogP contribution >= 0.6 is 0 Å². The molecule has 4 heteroatoms. The van der Waals surface area contributed by atoms with E-state index in [1.165, 1.54) is 13.1 Å². The van der Waals surface area contributed by atoms with Crippen LogP contribution in [0.2, 0.25) is 0 Å². The standard InChI is InChI=1S/C17H27N3O/c1-13-11-20(12-14(13)2)9-5-8-17(21)19-16-7-4-3-6-15(16)10-18/h3-4,6-7,13-14H,5,8-12,18H2,1-2H3,(H,19,21). The Kier molecular flexibility index (Phi) is 5.76. The summed E-state index contributed by atoms with van der Waals surface area (Å²) in [7, 11) is 0. The third-order valence-electron chi connectivity index (χ3n) is 4.45. The molecular formula is C17H27N3O. The number of rotatable bonds is 6. The van der Waals surface area contributed by atoms with Gasteiger partial charge in [0.15, 0.2) is 0 Å². The number of anilines is 1. The minimum absolute atomic E-state index is 0.0798. The van der Waals surface area contributed by atoms with Gasteiger partial charge in [0.2, 0.25) is 5.91 Å². The summed E-state index contributed by atoms with van der Waals surface area (Å²) in [6.07, 6.45) is 1.48. The van der Waals surface area contributed by atoms with Crippen molar-refractivity contribution in [3.05, 3.63) is 29.8 Å². The van der Waals surface area contributed by atoms with Gasteiger partial charge in [0.1, 0.15) is 0 Å². The molecule has 1 saturated heterocycles. The highest BCUT2D eigenvalue weighted by Gasteiger charge is 2.25. The lowest BCUT2D eigenvalue weighted by molar-refractivity contribution is -0.116. The summed E-state index contributed by atoms with van der Waals surface area (Å²) in [5.74, 6) is 1.63. The number of nitrogens with two attached hydrogens (primary N) is 1. The van der Waals surface area contributed by atoms with Gasteiger partial charge in [0.25, 0.3) is 0 Å². The maximum Gasteiger partial charge on any atom is 0.224 e. The number of carbonyl (C=O) groups is 1. The Hall–Kier alpha value is -1.39. The number of benzene rings is 1. The van der Waals surface area contributed by atoms with Crippen molar-refractivity contribution < 1.29 is 4.79 Å². The highest BCUT2D eigenvalue weighted by molar-refractivity contribution is 5.91. The summed E-state index contributed by atoms with van der Waals surface area (Å²) in [5, 5.41) is 2.97. The molecule has 0 radical (unpaired) electrons. The van der Waals surface area contributed by atoms with Crippen LogP contribution in [0.1, 0.15) is 32.3 Å². The predicted octanol–water partition coefficient (Wildman–Crippen LogP) is 2.45. The lowest BCUT2D eigenvalue weighted by Gasteiger charge is -2.15. The molecule has 21 heavy (non-hydrogen) atoms. The fourth-order valence-electron chi connectivity index (χ4n) is 2.93. The zero-order valence-corrected chi connectivity index (χ0v) is 13.1. The van der Waals surface area contributed by atoms with Gasteiger partial charge in [-0.3, -0.25) is 4.79 Å². The minimum atomic E-state index is 0.0798. The highest BCUT2D eigenvalue weighted by atomic mass is 16.1. The molecule has 4 nitrogen and oxygen atoms in total. The van der Waals surface area contributed by atoms with Crippen LogP contribution in [-0.4, -0.2) is 30.4 Å². The van der Waals surface area contributed by atoms with Crippen LogP contribution in [0.3, 0.4) is 0 Å². The van der Waals surface area contributed by atoms with E-state index in [0.717, 1.165) is 36.1 Å². The van der Waals surface area contributed by atoms with E-state index in [2.05, 4.69) is 24.1 Å². The minimum Gasteiger partial charge on any atom is -0.326 e. The third-order valence-corrected chi connectivity index (χ3v) is 4.45. The normalized spacial score (nSPS) is 22.4. The van der Waals surface area contributed by atoms with E-state index in [-0.39, 0.29) is 5.91 Å². The maximum absolute atomic E-state index is 12.0. The maximum atomic E-state index is 12.0. The zero-order valence-electron chi connectivity index (χ0n) is 13.1. The van der Waals surface area contributed by atoms with Crippen LogP contribution in [0.5, 0.6) is 0 Å². The van der Waals surface area contributed by atoms with Crippen molar-refractivity contribution in [2.24, 2.45) is 17.6 Å². The SMILES string of the molecule is CC1CN(CCCC(=O)Nc2ccccc2CN)CC1C. The number of nitrogens with one attached hydrogen (secondary N) is 1. The summed E-state index contributed by atoms with van der Waals surface area (Å²) >= 11 is 0. The second kappa shape index (κ2) is 7.57. The Morgan fingerprint density at radius 2 is 1.95 bits per heavy atom. The van der Waals surface area contributed by atoms with Crippen LogP contribution in [0.15, 0.2) is 24.3 Å². The number of carbonyl (C=O) groups excluding carboxylic acids is 1. The Balaban J connectivity index is 1.73. The average molecular weight is 289 g/mol. The first-order valence-corrected chi connectivity index (χ1v) is 7.90. The summed E-state index contributed by atoms with van der Waals surface area (Å²) in [4.78, 5) is 14.5. The summed E-state index contributed by atoms with van der Waals surface area (Å²) in [6.45, 7) is 8.40. The second-order valence-electron chi connectivity index (χ2n) is 6.23. The van der Waals surface area contributed by atoms with Crippen molar-refractivity contribution in [2.45, 2.75) is 33.2 Å². The van der Waals surface area contributed by atoms with Gasteiger partial charge in [-0.1, -0.05) is 32.0 Å². The van der Waals surface area contributed by atoms with E-state index in [1.807, 2.05) is 24.3 Å². The van der Waals surface area contributed by atoms with Crippen molar-refractivity contribution in [2.75, 3.05) is 25.0 Å². The van der Waals surface area contributed by atoms with Gasteiger partial charge < -0.3 is 16.0 Å². The predicted molar refractivity (Wildman–Crippen MR) is 87.0 cm³/mol. The first-order valence-electron chi connectivity index (χ1n) is 7.90. The van der Waals surface area contributed by atoms with Crippen LogP contribution in [-0.2, 0) is 11.3 Å². The smallest absolute Gasteiger partial charge is 0.224 e. The van der Waals surface area contributed by atoms with E-state index in [4.69, 9.17) is 5.73 Å². The highest BCUT2D eigenvalue weighted by Crippen LogP contribution is 2.22. The number of amides is 1. The largest absolute Gasteiger partial charge is 0.326 e. The summed E-state index contributed by atoms with van der Waals surface area (Å²) in [5.41, 5.74) is 7.50. The van der Waals surface area contributed by atoms with Crippen LogP contribution < -0.4 is 11.1 Å². The molecule has 0 spiro atoms. The lowest BCUT2D eigenvalue weighted by atomic mass is 10.0. The molecule has 1 aliphatic rings. The van der Waals surface area contributed by atoms with Crippen molar-refractivity contribution in [1.82, 2.24) is 4.90 Å².